The van der Waals surface area contributed by atoms with Crippen molar-refractivity contribution in [1.82, 2.24) is 0 Å². The summed E-state index contributed by atoms with van der Waals surface area (Å²) in [6, 6.07) is 8.46. The van der Waals surface area contributed by atoms with Crippen molar-refractivity contribution in [3.63, 3.8) is 0 Å². The largest absolute Gasteiger partial charge is 0.326 e. The van der Waals surface area contributed by atoms with Crippen LogP contribution in [0.25, 0.3) is 5.57 Å². The van der Waals surface area contributed by atoms with E-state index >= 15 is 0 Å². The molecule has 0 aliphatic rings. The molecule has 0 saturated carbocycles. The van der Waals surface area contributed by atoms with Crippen molar-refractivity contribution in [2.75, 3.05) is 6.54 Å². The Bertz CT molecular complexity index is 282. The van der Waals surface area contributed by atoms with Gasteiger partial charge in [0.2, 0.25) is 0 Å². The molecule has 0 amide bonds. The molecule has 1 aromatic carbocycles. The van der Waals surface area contributed by atoms with E-state index in [1.54, 1.807) is 0 Å². The second kappa shape index (κ2) is 4.24. The van der Waals surface area contributed by atoms with Gasteiger partial charge in [0.15, 0.2) is 0 Å². The fourth-order valence-electron chi connectivity index (χ4n) is 1.22. The van der Waals surface area contributed by atoms with Crippen molar-refractivity contribution in [1.29, 1.82) is 0 Å². The molecule has 0 saturated heterocycles. The van der Waals surface area contributed by atoms with Crippen LogP contribution < -0.4 is 5.73 Å². The molecule has 0 unspecified atom stereocenters. The SMILES string of the molecule is C=C(CN)c1ccc(C(C)C)cc1. The van der Waals surface area contributed by atoms with E-state index in [1.807, 2.05) is 0 Å². The average Bonchev–Trinajstić information content (AvgIpc) is 2.17. The van der Waals surface area contributed by atoms with E-state index in [-0.39, 0.29) is 0 Å². The van der Waals surface area contributed by atoms with E-state index in [0.717, 1.165) is 11.1 Å². The molecule has 0 aliphatic heterocycles. The average molecular weight is 175 g/mol. The number of hydrogen-bond acceptors (Lipinski definition) is 1. The van der Waals surface area contributed by atoms with Gasteiger partial charge in [0.25, 0.3) is 0 Å². The van der Waals surface area contributed by atoms with E-state index in [0.29, 0.717) is 12.5 Å². The number of nitrogens with two attached hydrogens (primary N) is 1. The normalized spacial score (nSPS) is 10.5. The number of benzene rings is 1. The van der Waals surface area contributed by atoms with Gasteiger partial charge in [0.05, 0.1) is 0 Å². The Morgan fingerprint density at radius 1 is 1.31 bits per heavy atom. The van der Waals surface area contributed by atoms with Crippen LogP contribution in [0.1, 0.15) is 30.9 Å². The first kappa shape index (κ1) is 10.0. The summed E-state index contributed by atoms with van der Waals surface area (Å²) < 4.78 is 0. The minimum atomic E-state index is 0.529. The van der Waals surface area contributed by atoms with Crippen LogP contribution in [0.4, 0.5) is 0 Å². The Labute approximate surface area is 80.3 Å². The van der Waals surface area contributed by atoms with Gasteiger partial charge in [-0.15, -0.1) is 0 Å². The van der Waals surface area contributed by atoms with Crippen LogP contribution in [-0.2, 0) is 0 Å². The van der Waals surface area contributed by atoms with Crippen molar-refractivity contribution in [2.24, 2.45) is 5.73 Å². The van der Waals surface area contributed by atoms with Crippen molar-refractivity contribution < 1.29 is 0 Å². The van der Waals surface area contributed by atoms with E-state index in [9.17, 15) is 0 Å². The van der Waals surface area contributed by atoms with Crippen molar-refractivity contribution in [3.05, 3.63) is 42.0 Å². The molecule has 1 aromatic rings. The summed E-state index contributed by atoms with van der Waals surface area (Å²) in [5, 5.41) is 0. The molecule has 0 fully saturated rings. The molecule has 1 nitrogen and oxygen atoms in total. The lowest BCUT2D eigenvalue weighted by atomic mass is 9.99. The molecular formula is C12H17N. The second-order valence-electron chi connectivity index (χ2n) is 3.58. The van der Waals surface area contributed by atoms with Crippen LogP contribution in [0.3, 0.4) is 0 Å². The highest BCUT2D eigenvalue weighted by molar-refractivity contribution is 5.64. The fraction of sp³-hybridized carbons (Fsp3) is 0.333. The lowest BCUT2D eigenvalue weighted by Gasteiger charge is -2.07. The molecule has 0 aliphatic carbocycles. The van der Waals surface area contributed by atoms with Gasteiger partial charge in [0.1, 0.15) is 0 Å². The van der Waals surface area contributed by atoms with Crippen LogP contribution in [-0.4, -0.2) is 6.54 Å². The molecule has 1 heteroatoms. The predicted molar refractivity (Wildman–Crippen MR) is 58.6 cm³/mol. The Balaban J connectivity index is 2.87. The van der Waals surface area contributed by atoms with Gasteiger partial charge < -0.3 is 5.73 Å². The topological polar surface area (TPSA) is 26.0 Å². The molecule has 2 N–H and O–H groups in total. The van der Waals surface area contributed by atoms with Gasteiger partial charge in [-0.3, -0.25) is 0 Å². The van der Waals surface area contributed by atoms with Gasteiger partial charge in [-0.25, -0.2) is 0 Å². The minimum Gasteiger partial charge on any atom is -0.326 e. The van der Waals surface area contributed by atoms with Crippen LogP contribution >= 0.6 is 0 Å². The zero-order chi connectivity index (χ0) is 9.84. The van der Waals surface area contributed by atoms with Gasteiger partial charge in [-0.1, -0.05) is 44.7 Å². The Kier molecular flexibility index (Phi) is 3.26. The molecular weight excluding hydrogens is 158 g/mol. The fourth-order valence-corrected chi connectivity index (χ4v) is 1.22. The van der Waals surface area contributed by atoms with Crippen LogP contribution in [0.5, 0.6) is 0 Å². The van der Waals surface area contributed by atoms with Crippen LogP contribution in [0.2, 0.25) is 0 Å². The molecule has 0 aromatic heterocycles. The van der Waals surface area contributed by atoms with Gasteiger partial charge >= 0.3 is 0 Å². The quantitative estimate of drug-likeness (QED) is 0.751. The van der Waals surface area contributed by atoms with Crippen molar-refractivity contribution >= 4 is 5.57 Å². The molecule has 0 radical (unpaired) electrons. The second-order valence-corrected chi connectivity index (χ2v) is 3.58. The lowest BCUT2D eigenvalue weighted by Crippen LogP contribution is -2.00. The highest BCUT2D eigenvalue weighted by Crippen LogP contribution is 2.17. The monoisotopic (exact) mass is 175 g/mol. The van der Waals surface area contributed by atoms with Crippen molar-refractivity contribution in [2.45, 2.75) is 19.8 Å². The maximum atomic E-state index is 5.50. The first-order valence-corrected chi connectivity index (χ1v) is 4.63. The summed E-state index contributed by atoms with van der Waals surface area (Å²) in [5.74, 6) is 0.584. The third-order valence-electron chi connectivity index (χ3n) is 2.23. The summed E-state index contributed by atoms with van der Waals surface area (Å²) in [6.07, 6.45) is 0. The van der Waals surface area contributed by atoms with Gasteiger partial charge in [0, 0.05) is 6.54 Å². The smallest absolute Gasteiger partial charge is 0.0178 e. The highest BCUT2D eigenvalue weighted by Gasteiger charge is 1.99. The maximum absolute atomic E-state index is 5.50. The maximum Gasteiger partial charge on any atom is 0.0178 e. The molecule has 70 valence electrons. The van der Waals surface area contributed by atoms with Gasteiger partial charge in [-0.05, 0) is 22.6 Å². The highest BCUT2D eigenvalue weighted by atomic mass is 14.5. The standard InChI is InChI=1S/C12H17N/c1-9(2)11-4-6-12(7-5-11)10(3)8-13/h4-7,9H,3,8,13H2,1-2H3. The third-order valence-corrected chi connectivity index (χ3v) is 2.23. The number of rotatable bonds is 3. The summed E-state index contributed by atoms with van der Waals surface area (Å²) in [5.41, 5.74) is 9.00. The zero-order valence-electron chi connectivity index (χ0n) is 8.38. The number of hydrogen-bond donors (Lipinski definition) is 1. The summed E-state index contributed by atoms with van der Waals surface area (Å²) >= 11 is 0. The Hall–Kier alpha value is -1.08. The lowest BCUT2D eigenvalue weighted by molar-refractivity contribution is 0.866. The summed E-state index contributed by atoms with van der Waals surface area (Å²) in [6.45, 7) is 8.80. The Morgan fingerprint density at radius 3 is 2.23 bits per heavy atom. The third kappa shape index (κ3) is 2.43. The molecule has 0 spiro atoms. The van der Waals surface area contributed by atoms with E-state index in [2.05, 4.69) is 44.7 Å². The Morgan fingerprint density at radius 2 is 1.85 bits per heavy atom. The minimum absolute atomic E-state index is 0.529. The van der Waals surface area contributed by atoms with Crippen molar-refractivity contribution in [3.8, 4) is 0 Å². The molecule has 0 heterocycles. The summed E-state index contributed by atoms with van der Waals surface area (Å²) in [4.78, 5) is 0. The molecule has 0 atom stereocenters. The van der Waals surface area contributed by atoms with E-state index in [1.165, 1.54) is 5.56 Å². The summed E-state index contributed by atoms with van der Waals surface area (Å²) in [7, 11) is 0. The predicted octanol–water partition coefficient (Wildman–Crippen LogP) is 2.78. The van der Waals surface area contributed by atoms with E-state index in [4.69, 9.17) is 5.73 Å². The van der Waals surface area contributed by atoms with Crippen LogP contribution in [0, 0.1) is 0 Å². The zero-order valence-corrected chi connectivity index (χ0v) is 8.38. The van der Waals surface area contributed by atoms with Gasteiger partial charge in [-0.2, -0.15) is 0 Å². The molecule has 13 heavy (non-hydrogen) atoms. The first-order chi connectivity index (χ1) is 6.15. The molecule has 0 bridgehead atoms. The van der Waals surface area contributed by atoms with Crippen LogP contribution in [0.15, 0.2) is 30.8 Å². The molecule has 1 rings (SSSR count). The van der Waals surface area contributed by atoms with E-state index < -0.39 is 0 Å². The first-order valence-electron chi connectivity index (χ1n) is 4.63.